The number of benzene rings is 1. The third kappa shape index (κ3) is 3.44. The van der Waals surface area contributed by atoms with E-state index in [-0.39, 0.29) is 18.0 Å². The van der Waals surface area contributed by atoms with E-state index in [0.29, 0.717) is 13.0 Å². The Hall–Kier alpha value is -2.42. The molecule has 0 saturated carbocycles. The first-order valence-electron chi connectivity index (χ1n) is 8.92. The van der Waals surface area contributed by atoms with E-state index in [0.717, 1.165) is 42.3 Å². The van der Waals surface area contributed by atoms with Gasteiger partial charge in [-0.2, -0.15) is 5.10 Å². The molecular weight excluding hydrogens is 332 g/mol. The highest BCUT2D eigenvalue weighted by Crippen LogP contribution is 2.29. The highest BCUT2D eigenvalue weighted by atomic mass is 16.5. The zero-order valence-corrected chi connectivity index (χ0v) is 14.8. The number of carbonyl (C=O) groups excluding carboxylic acids is 1. The van der Waals surface area contributed by atoms with Crippen molar-refractivity contribution >= 4 is 5.91 Å². The number of amides is 1. The Morgan fingerprint density at radius 2 is 2.27 bits per heavy atom. The Labute approximate surface area is 152 Å². The molecule has 8 nitrogen and oxygen atoms in total. The molecule has 26 heavy (non-hydrogen) atoms. The van der Waals surface area contributed by atoms with Gasteiger partial charge in [-0.1, -0.05) is 18.2 Å². The van der Waals surface area contributed by atoms with Gasteiger partial charge in [0, 0.05) is 18.7 Å². The van der Waals surface area contributed by atoms with Crippen molar-refractivity contribution in [2.45, 2.75) is 38.1 Å². The van der Waals surface area contributed by atoms with Gasteiger partial charge in [0.05, 0.1) is 37.6 Å². The van der Waals surface area contributed by atoms with Gasteiger partial charge in [0.1, 0.15) is 11.8 Å². The summed E-state index contributed by atoms with van der Waals surface area (Å²) in [4.78, 5) is 12.5. The molecule has 1 fully saturated rings. The van der Waals surface area contributed by atoms with Gasteiger partial charge < -0.3 is 15.4 Å². The van der Waals surface area contributed by atoms with Gasteiger partial charge in [0.2, 0.25) is 5.91 Å². The second-order valence-corrected chi connectivity index (χ2v) is 6.62. The molecule has 1 amide bonds. The average Bonchev–Trinajstić information content (AvgIpc) is 3.33. The quantitative estimate of drug-likeness (QED) is 0.613. The van der Waals surface area contributed by atoms with Crippen LogP contribution in [-0.4, -0.2) is 35.4 Å². The third-order valence-corrected chi connectivity index (χ3v) is 4.90. The molecule has 1 saturated heterocycles. The molecule has 4 rings (SSSR count). The molecule has 2 aliphatic heterocycles. The van der Waals surface area contributed by atoms with Crippen molar-refractivity contribution in [3.63, 3.8) is 0 Å². The first-order valence-corrected chi connectivity index (χ1v) is 8.92. The summed E-state index contributed by atoms with van der Waals surface area (Å²) in [6.45, 7) is 3.08. The van der Waals surface area contributed by atoms with Crippen LogP contribution in [-0.2, 0) is 24.4 Å². The van der Waals surface area contributed by atoms with Gasteiger partial charge in [-0.3, -0.25) is 9.48 Å². The molecule has 2 unspecified atom stereocenters. The lowest BCUT2D eigenvalue weighted by Gasteiger charge is -2.14. The van der Waals surface area contributed by atoms with Crippen LogP contribution in [0.3, 0.4) is 0 Å². The molecule has 4 N–H and O–H groups in total. The Kier molecular flexibility index (Phi) is 4.87. The standard InChI is InChI=1S/C18H24N6O2/c1-26-17-5-3-2-4-14(17)15-9-16(22-21-15)18(25)20-10-12-8-13-11-19-6-7-24(13)23-12/h2-5,8,15-16,19,21-22H,6-7,9-11H2,1H3,(H,20,25). The van der Waals surface area contributed by atoms with Crippen molar-refractivity contribution < 1.29 is 9.53 Å². The predicted octanol–water partition coefficient (Wildman–Crippen LogP) is 0.219. The molecular formula is C18H24N6O2. The smallest absolute Gasteiger partial charge is 0.238 e. The maximum atomic E-state index is 12.5. The summed E-state index contributed by atoms with van der Waals surface area (Å²) in [6.07, 6.45) is 0.663. The summed E-state index contributed by atoms with van der Waals surface area (Å²) >= 11 is 0. The minimum absolute atomic E-state index is 0.0287. The van der Waals surface area contributed by atoms with E-state index in [1.165, 1.54) is 0 Å². The zero-order chi connectivity index (χ0) is 17.9. The number of hydrogen-bond acceptors (Lipinski definition) is 6. The second kappa shape index (κ2) is 7.45. The number of fused-ring (bicyclic) bond motifs is 1. The summed E-state index contributed by atoms with van der Waals surface area (Å²) in [5.74, 6) is 0.795. The van der Waals surface area contributed by atoms with E-state index in [9.17, 15) is 4.79 Å². The van der Waals surface area contributed by atoms with Gasteiger partial charge in [0.15, 0.2) is 0 Å². The van der Waals surface area contributed by atoms with E-state index in [1.807, 2.05) is 35.0 Å². The molecule has 1 aromatic carbocycles. The maximum Gasteiger partial charge on any atom is 0.238 e. The highest BCUT2D eigenvalue weighted by molar-refractivity contribution is 5.82. The van der Waals surface area contributed by atoms with E-state index in [1.54, 1.807) is 7.11 Å². The number of nitrogens with one attached hydrogen (secondary N) is 4. The third-order valence-electron chi connectivity index (χ3n) is 4.90. The maximum absolute atomic E-state index is 12.5. The van der Waals surface area contributed by atoms with Crippen molar-refractivity contribution in [1.29, 1.82) is 0 Å². The molecule has 1 aromatic heterocycles. The average molecular weight is 356 g/mol. The van der Waals surface area contributed by atoms with Crippen molar-refractivity contribution in [2.24, 2.45) is 0 Å². The fourth-order valence-corrected chi connectivity index (χ4v) is 3.53. The molecule has 2 aromatic rings. The first kappa shape index (κ1) is 17.0. The van der Waals surface area contributed by atoms with Crippen LogP contribution in [0.15, 0.2) is 30.3 Å². The molecule has 8 heteroatoms. The van der Waals surface area contributed by atoms with Crippen LogP contribution in [0.2, 0.25) is 0 Å². The van der Waals surface area contributed by atoms with Crippen LogP contribution < -0.4 is 26.2 Å². The van der Waals surface area contributed by atoms with Crippen molar-refractivity contribution in [2.75, 3.05) is 13.7 Å². The van der Waals surface area contributed by atoms with E-state index in [4.69, 9.17) is 4.74 Å². The van der Waals surface area contributed by atoms with Gasteiger partial charge in [-0.05, 0) is 18.6 Å². The molecule has 3 heterocycles. The van der Waals surface area contributed by atoms with Crippen LogP contribution in [0.1, 0.15) is 29.4 Å². The minimum atomic E-state index is -0.288. The van der Waals surface area contributed by atoms with Crippen molar-refractivity contribution in [1.82, 2.24) is 31.3 Å². The van der Waals surface area contributed by atoms with Crippen LogP contribution in [0.4, 0.5) is 0 Å². The largest absolute Gasteiger partial charge is 0.496 e. The lowest BCUT2D eigenvalue weighted by atomic mass is 10.0. The minimum Gasteiger partial charge on any atom is -0.496 e. The van der Waals surface area contributed by atoms with Crippen LogP contribution in [0, 0.1) is 0 Å². The topological polar surface area (TPSA) is 92.2 Å². The van der Waals surface area contributed by atoms with Crippen LogP contribution in [0.5, 0.6) is 5.75 Å². The normalized spacial score (nSPS) is 22.0. The zero-order valence-electron chi connectivity index (χ0n) is 14.8. The highest BCUT2D eigenvalue weighted by Gasteiger charge is 2.31. The second-order valence-electron chi connectivity index (χ2n) is 6.62. The molecule has 0 bridgehead atoms. The van der Waals surface area contributed by atoms with Crippen molar-refractivity contribution in [3.05, 3.63) is 47.3 Å². The number of rotatable bonds is 5. The summed E-state index contributed by atoms with van der Waals surface area (Å²) in [5, 5.41) is 10.8. The van der Waals surface area contributed by atoms with Crippen LogP contribution >= 0.6 is 0 Å². The van der Waals surface area contributed by atoms with E-state index >= 15 is 0 Å². The molecule has 0 aliphatic carbocycles. The van der Waals surface area contributed by atoms with Gasteiger partial charge in [0.25, 0.3) is 0 Å². The lowest BCUT2D eigenvalue weighted by Crippen LogP contribution is -2.42. The predicted molar refractivity (Wildman–Crippen MR) is 96.2 cm³/mol. The van der Waals surface area contributed by atoms with Crippen molar-refractivity contribution in [3.8, 4) is 5.75 Å². The number of methoxy groups -OCH3 is 1. The Morgan fingerprint density at radius 1 is 1.38 bits per heavy atom. The SMILES string of the molecule is COc1ccccc1C1CC(C(=O)NCc2cc3n(n2)CCNC3)NN1. The molecule has 2 aliphatic rings. The van der Waals surface area contributed by atoms with Crippen LogP contribution in [0.25, 0.3) is 0 Å². The monoisotopic (exact) mass is 356 g/mol. The summed E-state index contributed by atoms with van der Waals surface area (Å²) in [6, 6.07) is 9.65. The number of hydrogen-bond donors (Lipinski definition) is 4. The number of nitrogens with zero attached hydrogens (tertiary/aromatic N) is 2. The summed E-state index contributed by atoms with van der Waals surface area (Å²) in [5.41, 5.74) is 9.39. The van der Waals surface area contributed by atoms with Gasteiger partial charge in [-0.15, -0.1) is 0 Å². The first-order chi connectivity index (χ1) is 12.7. The molecule has 0 radical (unpaired) electrons. The Balaban J connectivity index is 1.34. The number of para-hydroxylation sites is 1. The number of ether oxygens (including phenoxy) is 1. The fourth-order valence-electron chi connectivity index (χ4n) is 3.53. The number of carbonyl (C=O) groups is 1. The van der Waals surface area contributed by atoms with Gasteiger partial charge >= 0.3 is 0 Å². The van der Waals surface area contributed by atoms with E-state index < -0.39 is 0 Å². The fraction of sp³-hybridized carbons (Fsp3) is 0.444. The van der Waals surface area contributed by atoms with Gasteiger partial charge in [-0.25, -0.2) is 10.9 Å². The molecule has 2 atom stereocenters. The summed E-state index contributed by atoms with van der Waals surface area (Å²) in [7, 11) is 1.66. The Bertz CT molecular complexity index is 766. The summed E-state index contributed by atoms with van der Waals surface area (Å²) < 4.78 is 7.42. The molecule has 138 valence electrons. The molecule has 0 spiro atoms. The number of hydrazine groups is 1. The lowest BCUT2D eigenvalue weighted by molar-refractivity contribution is -0.123. The number of aromatic nitrogens is 2. The van der Waals surface area contributed by atoms with E-state index in [2.05, 4.69) is 26.6 Å². The Morgan fingerprint density at radius 3 is 3.12 bits per heavy atom.